The zero-order valence-electron chi connectivity index (χ0n) is 14.6. The number of aliphatic hydroxyl groups excluding tert-OH is 4. The van der Waals surface area contributed by atoms with E-state index in [-0.39, 0.29) is 11.4 Å². The van der Waals surface area contributed by atoms with E-state index in [0.717, 1.165) is 4.90 Å². The van der Waals surface area contributed by atoms with Crippen LogP contribution in [0.3, 0.4) is 0 Å². The van der Waals surface area contributed by atoms with Gasteiger partial charge in [0.15, 0.2) is 6.23 Å². The molecule has 28 heavy (non-hydrogen) atoms. The molecule has 9 nitrogen and oxygen atoms in total. The van der Waals surface area contributed by atoms with Crippen LogP contribution in [-0.2, 0) is 4.74 Å². The molecule has 0 aromatic heterocycles. The van der Waals surface area contributed by atoms with Crippen molar-refractivity contribution in [2.75, 3.05) is 11.9 Å². The van der Waals surface area contributed by atoms with E-state index in [9.17, 15) is 30.5 Å². The Morgan fingerprint density at radius 2 is 1.75 bits per heavy atom. The maximum absolute atomic E-state index is 11.3. The summed E-state index contributed by atoms with van der Waals surface area (Å²) in [5.74, 6) is 0. The molecule has 0 spiro atoms. The average Bonchev–Trinajstić information content (AvgIpc) is 2.69. The van der Waals surface area contributed by atoms with E-state index >= 15 is 0 Å². The van der Waals surface area contributed by atoms with Crippen molar-refractivity contribution in [2.45, 2.75) is 40.4 Å². The maximum atomic E-state index is 11.3. The number of ether oxygens (including phenoxy) is 1. The number of nitro benzene ring substituents is 1. The van der Waals surface area contributed by atoms with E-state index in [2.05, 4.69) is 5.32 Å². The zero-order valence-corrected chi connectivity index (χ0v) is 15.4. The number of aliphatic hydroxyl groups is 4. The normalized spacial score (nSPS) is 27.4. The molecule has 2 aromatic rings. The number of benzene rings is 2. The Kier molecular flexibility index (Phi) is 6.50. The van der Waals surface area contributed by atoms with Gasteiger partial charge in [-0.3, -0.25) is 10.1 Å². The molecule has 5 atom stereocenters. The molecule has 3 rings (SSSR count). The predicted octanol–water partition coefficient (Wildman–Crippen LogP) is 0.958. The van der Waals surface area contributed by atoms with Crippen LogP contribution in [0, 0.1) is 10.1 Å². The van der Waals surface area contributed by atoms with Crippen molar-refractivity contribution in [3.8, 4) is 0 Å². The summed E-state index contributed by atoms with van der Waals surface area (Å²) >= 11 is 1.33. The SMILES string of the molecule is O=[N+]([O-])c1cc(N[C@@H]2O[C@H](CO)[C@H](O)[C@H](O)[C@H]2O)cc(Sc2ccccc2)c1. The molecule has 1 heterocycles. The van der Waals surface area contributed by atoms with Crippen LogP contribution >= 0.6 is 11.8 Å². The first-order valence-electron chi connectivity index (χ1n) is 8.48. The van der Waals surface area contributed by atoms with Crippen LogP contribution in [0.15, 0.2) is 58.3 Å². The second-order valence-electron chi connectivity index (χ2n) is 6.28. The Hall–Kier alpha value is -2.21. The zero-order chi connectivity index (χ0) is 20.3. The van der Waals surface area contributed by atoms with Gasteiger partial charge in [-0.25, -0.2) is 0 Å². The molecular formula is C18H20N2O7S. The van der Waals surface area contributed by atoms with Gasteiger partial charge in [-0.05, 0) is 18.2 Å². The fourth-order valence-electron chi connectivity index (χ4n) is 2.84. The molecule has 0 radical (unpaired) electrons. The molecule has 10 heteroatoms. The van der Waals surface area contributed by atoms with Gasteiger partial charge in [0.1, 0.15) is 24.4 Å². The second kappa shape index (κ2) is 8.86. The Bertz CT molecular complexity index is 821. The second-order valence-corrected chi connectivity index (χ2v) is 7.43. The number of hydrogen-bond donors (Lipinski definition) is 5. The third-order valence-electron chi connectivity index (χ3n) is 4.28. The topological polar surface area (TPSA) is 145 Å². The number of nitrogens with one attached hydrogen (secondary N) is 1. The number of nitro groups is 1. The lowest BCUT2D eigenvalue weighted by Crippen LogP contribution is -2.60. The van der Waals surface area contributed by atoms with Crippen LogP contribution in [0.1, 0.15) is 0 Å². The van der Waals surface area contributed by atoms with E-state index in [0.29, 0.717) is 4.90 Å². The quantitative estimate of drug-likeness (QED) is 0.348. The van der Waals surface area contributed by atoms with Crippen LogP contribution in [-0.4, -0.2) is 62.6 Å². The molecule has 1 saturated heterocycles. The van der Waals surface area contributed by atoms with Gasteiger partial charge in [0.2, 0.25) is 0 Å². The Morgan fingerprint density at radius 1 is 1.04 bits per heavy atom. The van der Waals surface area contributed by atoms with Crippen LogP contribution in [0.2, 0.25) is 0 Å². The van der Waals surface area contributed by atoms with Crippen molar-refractivity contribution in [3.05, 3.63) is 58.6 Å². The average molecular weight is 408 g/mol. The van der Waals surface area contributed by atoms with Crippen LogP contribution < -0.4 is 5.32 Å². The molecule has 2 aromatic carbocycles. The smallest absolute Gasteiger partial charge is 0.272 e. The molecule has 1 aliphatic rings. The third kappa shape index (κ3) is 4.61. The molecule has 5 N–H and O–H groups in total. The number of nitrogens with zero attached hydrogens (tertiary/aromatic N) is 1. The first-order valence-corrected chi connectivity index (χ1v) is 9.30. The minimum Gasteiger partial charge on any atom is -0.394 e. The number of anilines is 1. The number of hydrogen-bond acceptors (Lipinski definition) is 9. The van der Waals surface area contributed by atoms with Crippen molar-refractivity contribution in [3.63, 3.8) is 0 Å². The van der Waals surface area contributed by atoms with Crippen molar-refractivity contribution >= 4 is 23.1 Å². The van der Waals surface area contributed by atoms with Gasteiger partial charge >= 0.3 is 0 Å². The largest absolute Gasteiger partial charge is 0.394 e. The highest BCUT2D eigenvalue weighted by molar-refractivity contribution is 7.99. The van der Waals surface area contributed by atoms with E-state index < -0.39 is 42.2 Å². The van der Waals surface area contributed by atoms with Gasteiger partial charge in [0.05, 0.1) is 11.5 Å². The van der Waals surface area contributed by atoms with Gasteiger partial charge in [-0.2, -0.15) is 0 Å². The summed E-state index contributed by atoms with van der Waals surface area (Å²) in [6.45, 7) is -0.562. The Balaban J connectivity index is 1.85. The molecule has 150 valence electrons. The first-order chi connectivity index (χ1) is 13.4. The first kappa shape index (κ1) is 20.5. The van der Waals surface area contributed by atoms with E-state index in [1.54, 1.807) is 6.07 Å². The Labute approximate surface area is 164 Å². The van der Waals surface area contributed by atoms with Gasteiger partial charge in [-0.15, -0.1) is 0 Å². The van der Waals surface area contributed by atoms with E-state index in [1.165, 1.54) is 23.9 Å². The molecule has 1 aliphatic heterocycles. The van der Waals surface area contributed by atoms with Crippen LogP contribution in [0.25, 0.3) is 0 Å². The monoisotopic (exact) mass is 408 g/mol. The van der Waals surface area contributed by atoms with Gasteiger partial charge < -0.3 is 30.5 Å². The van der Waals surface area contributed by atoms with Crippen molar-refractivity contribution in [2.24, 2.45) is 0 Å². The molecular weight excluding hydrogens is 388 g/mol. The van der Waals surface area contributed by atoms with E-state index in [4.69, 9.17) is 4.74 Å². The van der Waals surface area contributed by atoms with Crippen LogP contribution in [0.4, 0.5) is 11.4 Å². The highest BCUT2D eigenvalue weighted by Crippen LogP contribution is 2.34. The van der Waals surface area contributed by atoms with Crippen molar-refractivity contribution in [1.82, 2.24) is 0 Å². The molecule has 0 unspecified atom stereocenters. The summed E-state index contributed by atoms with van der Waals surface area (Å²) < 4.78 is 5.40. The summed E-state index contributed by atoms with van der Waals surface area (Å²) in [6, 6.07) is 13.7. The molecule has 0 bridgehead atoms. The van der Waals surface area contributed by atoms with Crippen molar-refractivity contribution in [1.29, 1.82) is 0 Å². The standard InChI is InChI=1S/C18H20N2O7S/c21-9-14-15(22)16(23)17(24)18(27-14)19-10-6-11(20(25)26)8-13(7-10)28-12-4-2-1-3-5-12/h1-8,14-19,21-24H,9H2/t14-,15+,16+,17-,18-/m1/s1. The summed E-state index contributed by atoms with van der Waals surface area (Å²) in [4.78, 5) is 12.2. The highest BCUT2D eigenvalue weighted by atomic mass is 32.2. The lowest BCUT2D eigenvalue weighted by molar-refractivity contribution is -0.385. The fraction of sp³-hybridized carbons (Fsp3) is 0.333. The van der Waals surface area contributed by atoms with Gasteiger partial charge in [-0.1, -0.05) is 30.0 Å². The minimum atomic E-state index is -1.54. The molecule has 0 saturated carbocycles. The fourth-order valence-corrected chi connectivity index (χ4v) is 3.77. The maximum Gasteiger partial charge on any atom is 0.272 e. The predicted molar refractivity (Wildman–Crippen MR) is 101 cm³/mol. The molecule has 0 amide bonds. The number of rotatable bonds is 6. The van der Waals surface area contributed by atoms with Crippen molar-refractivity contribution < 1.29 is 30.1 Å². The summed E-state index contributed by atoms with van der Waals surface area (Å²) in [6.07, 6.45) is -6.77. The van der Waals surface area contributed by atoms with Crippen LogP contribution in [0.5, 0.6) is 0 Å². The Morgan fingerprint density at radius 3 is 2.39 bits per heavy atom. The third-order valence-corrected chi connectivity index (χ3v) is 5.26. The minimum absolute atomic E-state index is 0.159. The number of non-ortho nitro benzene ring substituents is 1. The van der Waals surface area contributed by atoms with Gasteiger partial charge in [0.25, 0.3) is 5.69 Å². The highest BCUT2D eigenvalue weighted by Gasteiger charge is 2.43. The summed E-state index contributed by atoms with van der Waals surface area (Å²) in [7, 11) is 0. The molecule has 1 fully saturated rings. The lowest BCUT2D eigenvalue weighted by Gasteiger charge is -2.40. The molecule has 0 aliphatic carbocycles. The summed E-state index contributed by atoms with van der Waals surface area (Å²) in [5, 5.41) is 53.3. The summed E-state index contributed by atoms with van der Waals surface area (Å²) in [5.41, 5.74) is 0.130. The van der Waals surface area contributed by atoms with Gasteiger partial charge in [0, 0.05) is 27.6 Å². The lowest BCUT2D eigenvalue weighted by atomic mass is 9.98. The van der Waals surface area contributed by atoms with E-state index in [1.807, 2.05) is 30.3 Å².